The summed E-state index contributed by atoms with van der Waals surface area (Å²) in [6, 6.07) is 11.6. The number of aromatic nitrogens is 2. The zero-order valence-corrected chi connectivity index (χ0v) is 12.5. The summed E-state index contributed by atoms with van der Waals surface area (Å²) in [6.07, 6.45) is 4.90. The lowest BCUT2D eigenvalue weighted by Crippen LogP contribution is -1.98. The molecule has 0 atom stereocenters. The lowest BCUT2D eigenvalue weighted by molar-refractivity contribution is 0.560. The first kappa shape index (κ1) is 14.5. The molecule has 0 aliphatic rings. The number of para-hydroxylation sites is 1. The van der Waals surface area contributed by atoms with Crippen LogP contribution in [0, 0.1) is 11.6 Å². The van der Waals surface area contributed by atoms with Gasteiger partial charge in [0.2, 0.25) is 0 Å². The molecule has 24 heavy (non-hydrogen) atoms. The average Bonchev–Trinajstić information content (AvgIpc) is 3.02. The van der Waals surface area contributed by atoms with Gasteiger partial charge in [-0.05, 0) is 29.3 Å². The Kier molecular flexibility index (Phi) is 3.54. The van der Waals surface area contributed by atoms with Crippen LogP contribution in [0.3, 0.4) is 0 Å². The van der Waals surface area contributed by atoms with Crippen LogP contribution in [-0.2, 0) is 6.42 Å². The molecule has 0 bridgehead atoms. The molecular weight excluding hydrogens is 310 g/mol. The van der Waals surface area contributed by atoms with E-state index >= 15 is 0 Å². The zero-order chi connectivity index (χ0) is 16.5. The molecule has 0 radical (unpaired) electrons. The number of rotatable bonds is 3. The van der Waals surface area contributed by atoms with E-state index in [0.29, 0.717) is 11.1 Å². The molecule has 3 nitrogen and oxygen atoms in total. The highest BCUT2D eigenvalue weighted by molar-refractivity contribution is 5.83. The van der Waals surface area contributed by atoms with Crippen LogP contribution in [0.4, 0.5) is 8.78 Å². The third-order valence-electron chi connectivity index (χ3n) is 3.85. The van der Waals surface area contributed by atoms with E-state index < -0.39 is 11.6 Å². The largest absolute Gasteiger partial charge is 0.456 e. The van der Waals surface area contributed by atoms with E-state index in [4.69, 9.17) is 4.42 Å². The Morgan fingerprint density at radius 1 is 0.958 bits per heavy atom. The molecule has 0 aliphatic carbocycles. The molecular formula is C19H12F2N2O. The Balaban J connectivity index is 1.81. The second-order valence-electron chi connectivity index (χ2n) is 5.47. The summed E-state index contributed by atoms with van der Waals surface area (Å²) in [6.45, 7) is 0. The summed E-state index contributed by atoms with van der Waals surface area (Å²) in [7, 11) is 0. The van der Waals surface area contributed by atoms with Gasteiger partial charge >= 0.3 is 0 Å². The van der Waals surface area contributed by atoms with Gasteiger partial charge < -0.3 is 4.42 Å². The summed E-state index contributed by atoms with van der Waals surface area (Å²) in [5.74, 6) is -1.10. The second kappa shape index (κ2) is 5.85. The van der Waals surface area contributed by atoms with Gasteiger partial charge in [0.25, 0.3) is 0 Å². The highest BCUT2D eigenvalue weighted by Gasteiger charge is 2.19. The normalized spacial score (nSPS) is 11.1. The molecule has 2 heterocycles. The molecule has 5 heteroatoms. The van der Waals surface area contributed by atoms with Gasteiger partial charge in [0.15, 0.2) is 0 Å². The first-order valence-corrected chi connectivity index (χ1v) is 7.42. The summed E-state index contributed by atoms with van der Waals surface area (Å²) < 4.78 is 34.8. The lowest BCUT2D eigenvalue weighted by atomic mass is 10.0. The maximum atomic E-state index is 14.9. The molecule has 0 amide bonds. The van der Waals surface area contributed by atoms with Crippen molar-refractivity contribution in [2.45, 2.75) is 6.42 Å². The molecule has 118 valence electrons. The second-order valence-corrected chi connectivity index (χ2v) is 5.47. The number of hydrogen-bond acceptors (Lipinski definition) is 3. The summed E-state index contributed by atoms with van der Waals surface area (Å²) in [5, 5.41) is 0.799. The third kappa shape index (κ3) is 2.54. The first-order chi connectivity index (χ1) is 11.7. The van der Waals surface area contributed by atoms with Crippen molar-refractivity contribution >= 4 is 11.0 Å². The number of nitrogens with zero attached hydrogens (tertiary/aromatic N) is 2. The number of benzene rings is 2. The van der Waals surface area contributed by atoms with Crippen molar-refractivity contribution in [2.75, 3.05) is 0 Å². The SMILES string of the molecule is Fc1ccc(Cc2cncnc2)c(F)c1-c1cc2ccccc2o1. The van der Waals surface area contributed by atoms with Crippen LogP contribution in [0.25, 0.3) is 22.3 Å². The minimum Gasteiger partial charge on any atom is -0.456 e. The quantitative estimate of drug-likeness (QED) is 0.546. The van der Waals surface area contributed by atoms with E-state index in [9.17, 15) is 8.78 Å². The average molecular weight is 322 g/mol. The Hall–Kier alpha value is -3.08. The zero-order valence-electron chi connectivity index (χ0n) is 12.5. The smallest absolute Gasteiger partial charge is 0.141 e. The van der Waals surface area contributed by atoms with Crippen molar-refractivity contribution in [2.24, 2.45) is 0 Å². The van der Waals surface area contributed by atoms with Crippen molar-refractivity contribution in [3.63, 3.8) is 0 Å². The molecule has 0 aliphatic heterocycles. The van der Waals surface area contributed by atoms with E-state index in [1.807, 2.05) is 18.2 Å². The van der Waals surface area contributed by atoms with Gasteiger partial charge in [-0.2, -0.15) is 0 Å². The number of hydrogen-bond donors (Lipinski definition) is 0. The Bertz CT molecular complexity index is 979. The van der Waals surface area contributed by atoms with Gasteiger partial charge in [-0.1, -0.05) is 24.3 Å². The molecule has 4 aromatic rings. The third-order valence-corrected chi connectivity index (χ3v) is 3.85. The topological polar surface area (TPSA) is 38.9 Å². The van der Waals surface area contributed by atoms with Crippen LogP contribution >= 0.6 is 0 Å². The molecule has 0 saturated carbocycles. The molecule has 0 saturated heterocycles. The molecule has 0 unspecified atom stereocenters. The molecule has 0 fully saturated rings. The maximum absolute atomic E-state index is 14.9. The van der Waals surface area contributed by atoms with Crippen molar-refractivity contribution < 1.29 is 13.2 Å². The van der Waals surface area contributed by atoms with Crippen LogP contribution in [0.2, 0.25) is 0 Å². The van der Waals surface area contributed by atoms with Crippen molar-refractivity contribution in [1.29, 1.82) is 0 Å². The van der Waals surface area contributed by atoms with Gasteiger partial charge in [-0.15, -0.1) is 0 Å². The maximum Gasteiger partial charge on any atom is 0.141 e. The fourth-order valence-corrected chi connectivity index (χ4v) is 2.70. The molecule has 2 aromatic carbocycles. The standard InChI is InChI=1S/C19H12F2N2O/c20-15-6-5-14(7-12-9-22-11-23-10-12)19(21)18(15)17-8-13-3-1-2-4-16(13)24-17/h1-6,8-11H,7H2. The van der Waals surface area contributed by atoms with Crippen molar-refractivity contribution in [3.8, 4) is 11.3 Å². The number of fused-ring (bicyclic) bond motifs is 1. The highest BCUT2D eigenvalue weighted by Crippen LogP contribution is 2.33. The van der Waals surface area contributed by atoms with Crippen LogP contribution < -0.4 is 0 Å². The van der Waals surface area contributed by atoms with Gasteiger partial charge in [0, 0.05) is 24.2 Å². The Morgan fingerprint density at radius 2 is 1.75 bits per heavy atom. The summed E-state index contributed by atoms with van der Waals surface area (Å²) in [5.41, 5.74) is 1.55. The first-order valence-electron chi connectivity index (χ1n) is 7.42. The number of furan rings is 1. The molecule has 0 spiro atoms. The predicted molar refractivity (Wildman–Crippen MR) is 86.4 cm³/mol. The highest BCUT2D eigenvalue weighted by atomic mass is 19.1. The van der Waals surface area contributed by atoms with Gasteiger partial charge in [0.1, 0.15) is 29.3 Å². The van der Waals surface area contributed by atoms with Gasteiger partial charge in [-0.25, -0.2) is 18.7 Å². The van der Waals surface area contributed by atoms with Crippen molar-refractivity contribution in [3.05, 3.63) is 83.9 Å². The fourth-order valence-electron chi connectivity index (χ4n) is 2.70. The van der Waals surface area contributed by atoms with Crippen LogP contribution in [-0.4, -0.2) is 9.97 Å². The molecule has 4 rings (SSSR count). The van der Waals surface area contributed by atoms with E-state index in [2.05, 4.69) is 9.97 Å². The fraction of sp³-hybridized carbons (Fsp3) is 0.0526. The van der Waals surface area contributed by atoms with E-state index in [1.54, 1.807) is 24.5 Å². The van der Waals surface area contributed by atoms with E-state index in [-0.39, 0.29) is 17.7 Å². The molecule has 2 aromatic heterocycles. The Labute approximate surface area is 136 Å². The van der Waals surface area contributed by atoms with Crippen LogP contribution in [0.5, 0.6) is 0 Å². The van der Waals surface area contributed by atoms with E-state index in [0.717, 1.165) is 10.9 Å². The molecule has 0 N–H and O–H groups in total. The monoisotopic (exact) mass is 322 g/mol. The predicted octanol–water partition coefficient (Wildman–Crippen LogP) is 4.76. The lowest BCUT2D eigenvalue weighted by Gasteiger charge is -2.08. The summed E-state index contributed by atoms with van der Waals surface area (Å²) >= 11 is 0. The van der Waals surface area contributed by atoms with Crippen LogP contribution in [0.15, 0.2) is 65.6 Å². The minimum atomic E-state index is -0.653. The van der Waals surface area contributed by atoms with Gasteiger partial charge in [-0.3, -0.25) is 0 Å². The minimum absolute atomic E-state index is 0.152. The van der Waals surface area contributed by atoms with Crippen molar-refractivity contribution in [1.82, 2.24) is 9.97 Å². The summed E-state index contributed by atoms with van der Waals surface area (Å²) in [4.78, 5) is 7.82. The Morgan fingerprint density at radius 3 is 2.54 bits per heavy atom. The van der Waals surface area contributed by atoms with E-state index in [1.165, 1.54) is 18.5 Å². The van der Waals surface area contributed by atoms with Gasteiger partial charge in [0.05, 0.1) is 5.56 Å². The van der Waals surface area contributed by atoms with Crippen LogP contribution in [0.1, 0.15) is 11.1 Å². The number of halogens is 2.